The minimum Gasteiger partial charge on any atom is -0.367 e. The fraction of sp³-hybridized carbons (Fsp3) is 0.727. The highest BCUT2D eigenvalue weighted by molar-refractivity contribution is 7.91. The molecule has 1 fully saturated rings. The van der Waals surface area contributed by atoms with E-state index in [-0.39, 0.29) is 17.6 Å². The molecule has 1 aromatic heterocycles. The van der Waals surface area contributed by atoms with Gasteiger partial charge in [-0.2, -0.15) is 0 Å². The topological polar surface area (TPSA) is 86.2 Å². The lowest BCUT2D eigenvalue weighted by molar-refractivity contribution is 0.421. The van der Waals surface area contributed by atoms with Crippen molar-refractivity contribution in [1.82, 2.24) is 5.16 Å². The average molecular weight is 258 g/mol. The predicted molar refractivity (Wildman–Crippen MR) is 65.4 cm³/mol. The van der Waals surface area contributed by atoms with Crippen molar-refractivity contribution in [1.29, 1.82) is 0 Å². The molecular weight excluding hydrogens is 240 g/mol. The largest absolute Gasteiger partial charge is 0.367 e. The highest BCUT2D eigenvalue weighted by Crippen LogP contribution is 2.38. The van der Waals surface area contributed by atoms with E-state index in [0.29, 0.717) is 12.1 Å². The highest BCUT2D eigenvalue weighted by Gasteiger charge is 2.35. The molecule has 0 bridgehead atoms. The number of hydrogen-bond acceptors (Lipinski definition) is 5. The quantitative estimate of drug-likeness (QED) is 0.877. The first kappa shape index (κ1) is 12.4. The van der Waals surface area contributed by atoms with E-state index in [9.17, 15) is 8.42 Å². The van der Waals surface area contributed by atoms with Gasteiger partial charge in [-0.15, -0.1) is 0 Å². The zero-order chi connectivity index (χ0) is 12.6. The Balaban J connectivity index is 2.46. The van der Waals surface area contributed by atoms with E-state index in [4.69, 9.17) is 10.3 Å². The van der Waals surface area contributed by atoms with Gasteiger partial charge in [-0.05, 0) is 18.8 Å². The molecule has 0 aromatic carbocycles. The summed E-state index contributed by atoms with van der Waals surface area (Å²) in [6.07, 6.45) is 2.27. The molecule has 0 radical (unpaired) electrons. The minimum atomic E-state index is -3.10. The average Bonchev–Trinajstić information content (AvgIpc) is 2.59. The predicted octanol–water partition coefficient (Wildman–Crippen LogP) is 2.02. The van der Waals surface area contributed by atoms with Crippen LogP contribution in [0.1, 0.15) is 55.5 Å². The molecule has 96 valence electrons. The van der Waals surface area contributed by atoms with E-state index in [1.807, 2.05) is 13.8 Å². The summed E-state index contributed by atoms with van der Waals surface area (Å²) in [5, 5.41) is 3.34. The highest BCUT2D eigenvalue weighted by atomic mass is 32.2. The van der Waals surface area contributed by atoms with Crippen molar-refractivity contribution in [2.24, 2.45) is 0 Å². The van der Waals surface area contributed by atoms with Gasteiger partial charge in [0.25, 0.3) is 0 Å². The number of nitrogen functional groups attached to an aromatic ring is 1. The van der Waals surface area contributed by atoms with E-state index in [2.05, 4.69) is 5.16 Å². The van der Waals surface area contributed by atoms with Crippen LogP contribution in [0.2, 0.25) is 0 Å². The molecule has 1 saturated heterocycles. The molecule has 1 aromatic rings. The van der Waals surface area contributed by atoms with E-state index >= 15 is 0 Å². The first-order chi connectivity index (χ1) is 7.93. The van der Waals surface area contributed by atoms with Crippen molar-refractivity contribution in [2.45, 2.75) is 44.3 Å². The van der Waals surface area contributed by atoms with Crippen molar-refractivity contribution in [3.8, 4) is 0 Å². The molecule has 0 aliphatic carbocycles. The van der Waals surface area contributed by atoms with Gasteiger partial charge in [0, 0.05) is 5.56 Å². The Morgan fingerprint density at radius 2 is 2.12 bits per heavy atom. The lowest BCUT2D eigenvalue weighted by Crippen LogP contribution is -2.23. The second-order valence-corrected chi connectivity index (χ2v) is 7.15. The van der Waals surface area contributed by atoms with Crippen molar-refractivity contribution < 1.29 is 12.9 Å². The maximum Gasteiger partial charge on any atom is 0.225 e. The van der Waals surface area contributed by atoms with Crippen LogP contribution in [0.15, 0.2) is 4.52 Å². The molecule has 1 atom stereocenters. The smallest absolute Gasteiger partial charge is 0.225 e. The van der Waals surface area contributed by atoms with Crippen LogP contribution in [0.25, 0.3) is 0 Å². The minimum absolute atomic E-state index is 0.119. The van der Waals surface area contributed by atoms with Crippen LogP contribution < -0.4 is 5.73 Å². The first-order valence-corrected chi connectivity index (χ1v) is 7.61. The van der Waals surface area contributed by atoms with Crippen molar-refractivity contribution in [3.63, 3.8) is 0 Å². The Bertz CT molecular complexity index is 505. The van der Waals surface area contributed by atoms with Crippen molar-refractivity contribution in [2.75, 3.05) is 11.5 Å². The Kier molecular flexibility index (Phi) is 3.16. The molecule has 1 aliphatic rings. The molecule has 2 heterocycles. The lowest BCUT2D eigenvalue weighted by atomic mass is 9.99. The van der Waals surface area contributed by atoms with Gasteiger partial charge in [0.1, 0.15) is 10.9 Å². The summed E-state index contributed by atoms with van der Waals surface area (Å²) in [6.45, 7) is 3.92. The molecule has 0 saturated carbocycles. The Morgan fingerprint density at radius 1 is 1.41 bits per heavy atom. The zero-order valence-corrected chi connectivity index (χ0v) is 11.0. The van der Waals surface area contributed by atoms with Gasteiger partial charge in [-0.3, -0.25) is 0 Å². The fourth-order valence-electron chi connectivity index (χ4n) is 2.40. The van der Waals surface area contributed by atoms with Gasteiger partial charge in [-0.25, -0.2) is 8.42 Å². The summed E-state index contributed by atoms with van der Waals surface area (Å²) in [5.74, 6) is 0.603. The molecule has 0 spiro atoms. The molecule has 2 N–H and O–H groups in total. The molecule has 1 unspecified atom stereocenters. The van der Waals surface area contributed by atoms with E-state index < -0.39 is 15.1 Å². The van der Waals surface area contributed by atoms with E-state index in [1.54, 1.807) is 0 Å². The summed E-state index contributed by atoms with van der Waals surface area (Å²) in [6, 6.07) is 0. The summed E-state index contributed by atoms with van der Waals surface area (Å²) in [7, 11) is -3.10. The molecular formula is C11H18N2O3S. The van der Waals surface area contributed by atoms with Gasteiger partial charge in [0.15, 0.2) is 9.84 Å². The van der Waals surface area contributed by atoms with Gasteiger partial charge < -0.3 is 10.3 Å². The number of anilines is 1. The van der Waals surface area contributed by atoms with Crippen molar-refractivity contribution in [3.05, 3.63) is 11.3 Å². The monoisotopic (exact) mass is 258 g/mol. The number of hydrogen-bond donors (Lipinski definition) is 1. The standard InChI is InChI=1S/C11H18N2O3S/c1-7(2)9-10(13-16-11(9)12)8-5-3-4-6-17(8,14)15/h7-8H,3-6,12H2,1-2H3. The maximum absolute atomic E-state index is 12.0. The number of nitrogens with zero attached hydrogens (tertiary/aromatic N) is 1. The SMILES string of the molecule is CC(C)c1c(C2CCCCS2(=O)=O)noc1N. The summed E-state index contributed by atoms with van der Waals surface area (Å²) in [4.78, 5) is 0. The zero-order valence-electron chi connectivity index (χ0n) is 10.1. The van der Waals surface area contributed by atoms with Crippen molar-refractivity contribution >= 4 is 15.7 Å². The summed E-state index contributed by atoms with van der Waals surface area (Å²) >= 11 is 0. The molecule has 2 rings (SSSR count). The maximum atomic E-state index is 12.0. The van der Waals surface area contributed by atoms with Crippen LogP contribution in [-0.2, 0) is 9.84 Å². The van der Waals surface area contributed by atoms with Gasteiger partial charge in [0.05, 0.1) is 5.75 Å². The molecule has 1 aliphatic heterocycles. The summed E-state index contributed by atoms with van der Waals surface area (Å²) in [5.41, 5.74) is 6.99. The number of aromatic nitrogens is 1. The number of rotatable bonds is 2. The molecule has 0 amide bonds. The van der Waals surface area contributed by atoms with Crippen LogP contribution in [0.5, 0.6) is 0 Å². The second kappa shape index (κ2) is 4.33. The van der Waals surface area contributed by atoms with Gasteiger partial charge >= 0.3 is 0 Å². The lowest BCUT2D eigenvalue weighted by Gasteiger charge is -2.21. The van der Waals surface area contributed by atoms with Crippen LogP contribution in [0, 0.1) is 0 Å². The normalized spacial score (nSPS) is 24.1. The third-order valence-electron chi connectivity index (χ3n) is 3.24. The van der Waals surface area contributed by atoms with E-state index in [0.717, 1.165) is 18.4 Å². The third kappa shape index (κ3) is 2.18. The van der Waals surface area contributed by atoms with Crippen LogP contribution in [0.4, 0.5) is 5.88 Å². The molecule has 6 heteroatoms. The number of sulfone groups is 1. The fourth-order valence-corrected chi connectivity index (χ4v) is 4.32. The van der Waals surface area contributed by atoms with E-state index in [1.165, 1.54) is 0 Å². The Hall–Kier alpha value is -1.04. The van der Waals surface area contributed by atoms with Crippen LogP contribution in [0.3, 0.4) is 0 Å². The second-order valence-electron chi connectivity index (χ2n) is 4.85. The first-order valence-electron chi connectivity index (χ1n) is 5.90. The molecule has 5 nitrogen and oxygen atoms in total. The van der Waals surface area contributed by atoms with Gasteiger partial charge in [0.2, 0.25) is 5.88 Å². The Labute approximate surface area is 101 Å². The Morgan fingerprint density at radius 3 is 2.71 bits per heavy atom. The number of nitrogens with two attached hydrogens (primary N) is 1. The molecule has 17 heavy (non-hydrogen) atoms. The summed E-state index contributed by atoms with van der Waals surface area (Å²) < 4.78 is 29.1. The van der Waals surface area contributed by atoms with Crippen LogP contribution >= 0.6 is 0 Å². The van der Waals surface area contributed by atoms with Crippen LogP contribution in [-0.4, -0.2) is 19.3 Å². The van der Waals surface area contributed by atoms with Gasteiger partial charge in [-0.1, -0.05) is 25.4 Å². The third-order valence-corrected chi connectivity index (χ3v) is 5.43.